The summed E-state index contributed by atoms with van der Waals surface area (Å²) in [7, 11) is 0. The molecule has 1 aliphatic heterocycles. The third-order valence-electron chi connectivity index (χ3n) is 4.32. The largest absolute Gasteiger partial charge is 0.454 e. The molecule has 0 saturated carbocycles. The maximum Gasteiger partial charge on any atom is 0.159 e. The molecule has 0 bridgehead atoms. The Bertz CT molecular complexity index is 920. The predicted molar refractivity (Wildman–Crippen MR) is 91.9 cm³/mol. The van der Waals surface area contributed by atoms with Gasteiger partial charge in [-0.15, -0.1) is 0 Å². The van der Waals surface area contributed by atoms with Crippen LogP contribution in [-0.2, 0) is 0 Å². The molecule has 0 unspecified atom stereocenters. The van der Waals surface area contributed by atoms with Gasteiger partial charge in [0.15, 0.2) is 5.58 Å². The number of hydrogen-bond donors (Lipinski definition) is 0. The monoisotopic (exact) mass is 293 g/mol. The van der Waals surface area contributed by atoms with Crippen molar-refractivity contribution >= 4 is 27.6 Å². The van der Waals surface area contributed by atoms with Crippen LogP contribution in [0.3, 0.4) is 0 Å². The highest BCUT2D eigenvalue weighted by molar-refractivity contribution is 6.09. The Morgan fingerprint density at radius 2 is 1.91 bits per heavy atom. The number of benzene rings is 2. The minimum atomic E-state index is -0.638. The number of furan rings is 1. The van der Waals surface area contributed by atoms with Crippen molar-refractivity contribution in [3.8, 4) is 0 Å². The second-order valence-electron chi connectivity index (χ2n) is 6.03. The van der Waals surface area contributed by atoms with Crippen molar-refractivity contribution in [2.75, 3.05) is 11.6 Å². The van der Waals surface area contributed by atoms with Gasteiger partial charge in [0.2, 0.25) is 0 Å². The summed E-state index contributed by atoms with van der Waals surface area (Å²) in [4.78, 5) is 4.17. The third-order valence-corrected chi connectivity index (χ3v) is 4.32. The van der Waals surface area contributed by atoms with Gasteiger partial charge in [-0.25, -0.2) is 0 Å². The van der Waals surface area contributed by atoms with Gasteiger partial charge in [0, 0.05) is 29.2 Å². The zero-order valence-electron chi connectivity index (χ0n) is 14.1. The smallest absolute Gasteiger partial charge is 0.159 e. The van der Waals surface area contributed by atoms with Gasteiger partial charge in [0.25, 0.3) is 0 Å². The lowest BCUT2D eigenvalue weighted by molar-refractivity contribution is 0.336. The molecule has 1 aliphatic rings. The minimum Gasteiger partial charge on any atom is -0.454 e. The van der Waals surface area contributed by atoms with Crippen LogP contribution in [0.1, 0.15) is 20.8 Å². The summed E-state index contributed by atoms with van der Waals surface area (Å²) in [6, 6.07) is 11.8. The highest BCUT2D eigenvalue weighted by atomic mass is 16.3. The molecule has 2 aromatic carbocycles. The van der Waals surface area contributed by atoms with Crippen LogP contribution >= 0.6 is 0 Å². The lowest BCUT2D eigenvalue weighted by Gasteiger charge is -2.25. The third kappa shape index (κ3) is 1.89. The Kier molecular flexibility index (Phi) is 2.65. The van der Waals surface area contributed by atoms with Crippen LogP contribution in [0, 0.1) is 6.92 Å². The molecule has 4 rings (SSSR count). The van der Waals surface area contributed by atoms with Gasteiger partial charge in [0.05, 0.1) is 13.7 Å². The second kappa shape index (κ2) is 4.80. The summed E-state index contributed by atoms with van der Waals surface area (Å²) in [6.07, 6.45) is 4.01. The fourth-order valence-electron chi connectivity index (χ4n) is 3.09. The lowest BCUT2D eigenvalue weighted by atomic mass is 10.1. The first kappa shape index (κ1) is 12.2. The Morgan fingerprint density at radius 3 is 2.68 bits per heavy atom. The van der Waals surface area contributed by atoms with E-state index < -0.39 is 6.02 Å². The molecule has 1 aromatic heterocycles. The molecule has 0 aliphatic carbocycles. The molecule has 0 amide bonds. The first-order valence-corrected chi connectivity index (χ1v) is 7.58. The van der Waals surface area contributed by atoms with E-state index in [0.717, 1.165) is 27.6 Å². The van der Waals surface area contributed by atoms with Gasteiger partial charge in [0.1, 0.15) is 5.58 Å². The highest BCUT2D eigenvalue weighted by Gasteiger charge is 2.22. The van der Waals surface area contributed by atoms with E-state index in [-0.39, 0.29) is 0 Å². The highest BCUT2D eigenvalue weighted by Crippen LogP contribution is 2.38. The summed E-state index contributed by atoms with van der Waals surface area (Å²) in [5.41, 5.74) is 4.09. The number of nitrogens with zero attached hydrogens (tertiary/aromatic N) is 2. The first-order valence-electron chi connectivity index (χ1n) is 8.08. The summed E-state index contributed by atoms with van der Waals surface area (Å²) < 4.78 is 14.4. The SMILES string of the molecule is [2H]C(C)(C)N1C=CN(c2c(C)ccc3c2oc2ccccc23)C1. The average Bonchev–Trinajstić information content (AvgIpc) is 3.10. The van der Waals surface area contributed by atoms with E-state index in [1.165, 1.54) is 5.56 Å². The van der Waals surface area contributed by atoms with E-state index in [1.807, 2.05) is 49.3 Å². The maximum absolute atomic E-state index is 8.21. The first-order chi connectivity index (χ1) is 10.9. The van der Waals surface area contributed by atoms with Gasteiger partial charge >= 0.3 is 0 Å². The van der Waals surface area contributed by atoms with Crippen molar-refractivity contribution in [3.05, 3.63) is 54.4 Å². The Labute approximate surface area is 131 Å². The van der Waals surface area contributed by atoms with Crippen LogP contribution in [0.4, 0.5) is 5.69 Å². The van der Waals surface area contributed by atoms with Crippen LogP contribution in [0.25, 0.3) is 21.9 Å². The van der Waals surface area contributed by atoms with Gasteiger partial charge in [-0.1, -0.05) is 30.3 Å². The van der Waals surface area contributed by atoms with Crippen molar-refractivity contribution in [1.82, 2.24) is 4.90 Å². The summed E-state index contributed by atoms with van der Waals surface area (Å²) >= 11 is 0. The number of aryl methyl sites for hydroxylation is 1. The van der Waals surface area contributed by atoms with Crippen molar-refractivity contribution < 1.29 is 5.79 Å². The number of para-hydroxylation sites is 1. The number of anilines is 1. The van der Waals surface area contributed by atoms with Crippen molar-refractivity contribution in [1.29, 1.82) is 0 Å². The van der Waals surface area contributed by atoms with Gasteiger partial charge in [-0.2, -0.15) is 0 Å². The molecule has 0 atom stereocenters. The molecule has 112 valence electrons. The molecule has 0 N–H and O–H groups in total. The van der Waals surface area contributed by atoms with Crippen molar-refractivity contribution in [3.63, 3.8) is 0 Å². The lowest BCUT2D eigenvalue weighted by Crippen LogP contribution is -2.30. The normalized spacial score (nSPS) is 16.0. The second-order valence-corrected chi connectivity index (χ2v) is 6.03. The predicted octanol–water partition coefficient (Wildman–Crippen LogP) is 4.85. The van der Waals surface area contributed by atoms with E-state index in [0.29, 0.717) is 6.67 Å². The number of fused-ring (bicyclic) bond motifs is 3. The Balaban J connectivity index is 1.87. The molecule has 3 heteroatoms. The Hall–Kier alpha value is -2.42. The quantitative estimate of drug-likeness (QED) is 0.673. The molecule has 3 nitrogen and oxygen atoms in total. The molecular formula is C19H20N2O. The Morgan fingerprint density at radius 1 is 1.09 bits per heavy atom. The van der Waals surface area contributed by atoms with Crippen LogP contribution in [0.5, 0.6) is 0 Å². The van der Waals surface area contributed by atoms with Gasteiger partial charge in [-0.05, 0) is 32.4 Å². The number of rotatable bonds is 2. The summed E-state index contributed by atoms with van der Waals surface area (Å²) in [6.45, 7) is 6.56. The zero-order chi connectivity index (χ0) is 16.2. The van der Waals surface area contributed by atoms with E-state index in [2.05, 4.69) is 30.0 Å². The molecule has 0 spiro atoms. The molecule has 3 aromatic rings. The van der Waals surface area contributed by atoms with Crippen LogP contribution in [0.15, 0.2) is 53.2 Å². The summed E-state index contributed by atoms with van der Waals surface area (Å²) in [5, 5.41) is 2.28. The fourth-order valence-corrected chi connectivity index (χ4v) is 3.09. The van der Waals surface area contributed by atoms with Crippen LogP contribution in [-0.4, -0.2) is 17.6 Å². The summed E-state index contributed by atoms with van der Waals surface area (Å²) in [5.74, 6) is 0. The van der Waals surface area contributed by atoms with Gasteiger partial charge < -0.3 is 14.2 Å². The van der Waals surface area contributed by atoms with Crippen molar-refractivity contribution in [2.45, 2.75) is 26.8 Å². The molecule has 22 heavy (non-hydrogen) atoms. The molecular weight excluding hydrogens is 272 g/mol. The minimum absolute atomic E-state index is 0.638. The van der Waals surface area contributed by atoms with Crippen LogP contribution in [0.2, 0.25) is 0 Å². The molecule has 0 fully saturated rings. The van der Waals surface area contributed by atoms with E-state index in [1.54, 1.807) is 0 Å². The molecule has 0 radical (unpaired) electrons. The van der Waals surface area contributed by atoms with Gasteiger partial charge in [-0.3, -0.25) is 0 Å². The fraction of sp³-hybridized carbons (Fsp3) is 0.263. The van der Waals surface area contributed by atoms with E-state index in [4.69, 9.17) is 5.79 Å². The van der Waals surface area contributed by atoms with E-state index >= 15 is 0 Å². The maximum atomic E-state index is 8.21. The van der Waals surface area contributed by atoms with E-state index in [9.17, 15) is 0 Å². The van der Waals surface area contributed by atoms with Crippen molar-refractivity contribution in [2.24, 2.45) is 0 Å². The average molecular weight is 293 g/mol. The zero-order valence-corrected chi connectivity index (χ0v) is 13.1. The topological polar surface area (TPSA) is 19.6 Å². The molecule has 0 saturated heterocycles. The molecule has 2 heterocycles. The number of hydrogen-bond acceptors (Lipinski definition) is 3. The standard InChI is InChI=1S/C19H20N2O/c1-13(2)20-10-11-21(12-20)18-14(3)8-9-16-15-6-4-5-7-17(15)22-19(16)18/h4-11,13H,12H2,1-3H3/i13D. The van der Waals surface area contributed by atoms with Crippen LogP contribution < -0.4 is 4.90 Å².